The second-order valence-electron chi connectivity index (χ2n) is 14.7. The molecule has 11 rings (SSSR count). The van der Waals surface area contributed by atoms with Crippen LogP contribution in [0.2, 0.25) is 0 Å². The highest BCUT2D eigenvalue weighted by molar-refractivity contribution is 6.17. The molecule has 0 radical (unpaired) electrons. The summed E-state index contributed by atoms with van der Waals surface area (Å²) < 4.78 is 2.38. The number of nitrogens with zero attached hydrogens (tertiary/aromatic N) is 3. The summed E-state index contributed by atoms with van der Waals surface area (Å²) in [5.74, 6) is 1.79. The highest BCUT2D eigenvalue weighted by Crippen LogP contribution is 2.43. The van der Waals surface area contributed by atoms with E-state index in [1.54, 1.807) is 0 Å². The third kappa shape index (κ3) is 5.77. The largest absolute Gasteiger partial charge is 0.381 e. The van der Waals surface area contributed by atoms with Gasteiger partial charge in [0.05, 0.1) is 22.4 Å². The molecule has 2 unspecified atom stereocenters. The molecule has 0 saturated heterocycles. The number of amidine groups is 1. The van der Waals surface area contributed by atoms with Crippen molar-refractivity contribution in [2.24, 2.45) is 4.99 Å². The Bertz CT molecular complexity index is 3000. The van der Waals surface area contributed by atoms with Crippen molar-refractivity contribution in [3.63, 3.8) is 0 Å². The Balaban J connectivity index is 0.979. The van der Waals surface area contributed by atoms with Crippen LogP contribution in [-0.2, 0) is 0 Å². The zero-order valence-corrected chi connectivity index (χ0v) is 31.1. The van der Waals surface area contributed by atoms with Crippen molar-refractivity contribution in [1.82, 2.24) is 20.2 Å². The lowest BCUT2D eigenvalue weighted by Crippen LogP contribution is -2.44. The van der Waals surface area contributed by atoms with Gasteiger partial charge in [0.25, 0.3) is 0 Å². The molecule has 0 saturated carbocycles. The summed E-state index contributed by atoms with van der Waals surface area (Å²) >= 11 is 0. The highest BCUT2D eigenvalue weighted by Gasteiger charge is 2.26. The van der Waals surface area contributed by atoms with E-state index in [9.17, 15) is 0 Å². The average Bonchev–Trinajstić information content (AvgIpc) is 3.70. The van der Waals surface area contributed by atoms with Gasteiger partial charge in [0.1, 0.15) is 24.0 Å². The maximum Gasteiger partial charge on any atom is 0.145 e. The highest BCUT2D eigenvalue weighted by atomic mass is 15.3. The van der Waals surface area contributed by atoms with E-state index in [1.807, 2.05) is 12.1 Å². The second-order valence-corrected chi connectivity index (χ2v) is 14.7. The van der Waals surface area contributed by atoms with Crippen LogP contribution in [0, 0.1) is 0 Å². The van der Waals surface area contributed by atoms with Gasteiger partial charge in [-0.05, 0) is 33.7 Å². The smallest absolute Gasteiger partial charge is 0.145 e. The summed E-state index contributed by atoms with van der Waals surface area (Å²) in [6.45, 7) is 0.798. The number of imidazole rings is 1. The molecule has 2 aliphatic rings. The third-order valence-corrected chi connectivity index (χ3v) is 11.3. The summed E-state index contributed by atoms with van der Waals surface area (Å²) in [4.78, 5) is 10.6. The van der Waals surface area contributed by atoms with E-state index in [0.717, 1.165) is 79.6 Å². The first-order valence-electron chi connectivity index (χ1n) is 19.5. The van der Waals surface area contributed by atoms with Gasteiger partial charge in [0.15, 0.2) is 0 Å². The number of rotatable bonds is 6. The van der Waals surface area contributed by atoms with E-state index < -0.39 is 0 Å². The van der Waals surface area contributed by atoms with E-state index in [2.05, 4.69) is 196 Å². The maximum absolute atomic E-state index is 5.50. The van der Waals surface area contributed by atoms with E-state index in [4.69, 9.17) is 9.98 Å². The van der Waals surface area contributed by atoms with E-state index in [1.165, 1.54) is 21.5 Å². The summed E-state index contributed by atoms with van der Waals surface area (Å²) in [7, 11) is 0. The number of anilines is 1. The number of aromatic nitrogens is 2. The molecule has 6 nitrogen and oxygen atoms in total. The average molecular weight is 735 g/mol. The number of hydrogen-bond acceptors (Lipinski definition) is 5. The first kappa shape index (κ1) is 33.1. The standard InChI is InChI=1S/C51H38N6/c1-3-14-36(15-4-1)48-54-49(37-16-5-2-6-17-37)56-50(55-48)38-28-24-33(25-29-38)34-26-30-39(31-27-34)51-53-46-43-22-12-32-52-45(43)41-20-9-10-21-42(41)47(46)57(51)44-23-11-18-35-13-7-8-19-40(35)44/h1-31,48,50,52,55H,32H2,(H,54,56). The fourth-order valence-electron chi connectivity index (χ4n) is 8.51. The van der Waals surface area contributed by atoms with Crippen LogP contribution in [-0.4, -0.2) is 21.9 Å². The minimum Gasteiger partial charge on any atom is -0.381 e. The van der Waals surface area contributed by atoms with Gasteiger partial charge >= 0.3 is 0 Å². The maximum atomic E-state index is 5.50. The van der Waals surface area contributed by atoms with Crippen LogP contribution < -0.4 is 16.0 Å². The van der Waals surface area contributed by atoms with Crippen molar-refractivity contribution >= 4 is 50.2 Å². The monoisotopic (exact) mass is 734 g/mol. The predicted molar refractivity (Wildman–Crippen MR) is 236 cm³/mol. The Labute approximate surface area is 330 Å². The Hall–Kier alpha value is -7.28. The van der Waals surface area contributed by atoms with Crippen LogP contribution in [0.3, 0.4) is 0 Å². The molecular formula is C51H38N6. The van der Waals surface area contributed by atoms with Gasteiger partial charge in [0.2, 0.25) is 0 Å². The Morgan fingerprint density at radius 3 is 1.98 bits per heavy atom. The molecule has 2 atom stereocenters. The van der Waals surface area contributed by atoms with E-state index in [0.29, 0.717) is 0 Å². The first-order chi connectivity index (χ1) is 28.3. The molecule has 3 heterocycles. The minimum atomic E-state index is -0.172. The van der Waals surface area contributed by atoms with Gasteiger partial charge in [-0.1, -0.05) is 182 Å². The lowest BCUT2D eigenvalue weighted by atomic mass is 9.99. The molecule has 0 spiro atoms. The number of aliphatic imine (C=N–C) groups is 1. The Kier molecular flexibility index (Phi) is 8.00. The van der Waals surface area contributed by atoms with Crippen molar-refractivity contribution < 1.29 is 0 Å². The van der Waals surface area contributed by atoms with Gasteiger partial charge in [-0.15, -0.1) is 0 Å². The number of fused-ring (bicyclic) bond motifs is 7. The number of nitrogens with one attached hydrogen (secondary N) is 3. The molecule has 0 amide bonds. The molecule has 8 aromatic carbocycles. The van der Waals surface area contributed by atoms with Crippen molar-refractivity contribution in [2.75, 3.05) is 11.9 Å². The first-order valence-corrected chi connectivity index (χ1v) is 19.5. The number of benzene rings is 8. The quantitative estimate of drug-likeness (QED) is 0.159. The van der Waals surface area contributed by atoms with Crippen LogP contribution in [0.15, 0.2) is 187 Å². The molecule has 0 aliphatic carbocycles. The molecule has 1 aromatic heterocycles. The Morgan fingerprint density at radius 2 is 1.19 bits per heavy atom. The van der Waals surface area contributed by atoms with Crippen molar-refractivity contribution in [2.45, 2.75) is 12.3 Å². The molecule has 2 aliphatic heterocycles. The topological polar surface area (TPSA) is 66.3 Å². The molecule has 0 bridgehead atoms. The Morgan fingerprint density at radius 1 is 0.544 bits per heavy atom. The van der Waals surface area contributed by atoms with Gasteiger partial charge in [-0.25, -0.2) is 9.98 Å². The lowest BCUT2D eigenvalue weighted by molar-refractivity contribution is 0.409. The van der Waals surface area contributed by atoms with Gasteiger partial charge in [-0.3, -0.25) is 9.88 Å². The molecule has 57 heavy (non-hydrogen) atoms. The zero-order valence-electron chi connectivity index (χ0n) is 31.1. The van der Waals surface area contributed by atoms with Crippen LogP contribution in [0.1, 0.15) is 34.6 Å². The summed E-state index contributed by atoms with van der Waals surface area (Å²) in [6, 6.07) is 62.3. The normalized spacial score (nSPS) is 16.2. The SMILES string of the molecule is C1=Cc2c(c3ccccc3c3c2nc(-c2ccc(-c4ccc(C5NC(c6ccccc6)=NC(c6ccccc6)N5)cc4)cc2)n3-c2cccc3ccccc23)NC1. The molecular weight excluding hydrogens is 697 g/mol. The fraction of sp³-hybridized carbons (Fsp3) is 0.0588. The van der Waals surface area contributed by atoms with E-state index >= 15 is 0 Å². The predicted octanol–water partition coefficient (Wildman–Crippen LogP) is 11.4. The van der Waals surface area contributed by atoms with Gasteiger partial charge in [0, 0.05) is 39.4 Å². The zero-order chi connectivity index (χ0) is 37.7. The molecule has 0 fully saturated rings. The van der Waals surface area contributed by atoms with Gasteiger partial charge < -0.3 is 10.6 Å². The van der Waals surface area contributed by atoms with Crippen LogP contribution in [0.5, 0.6) is 0 Å². The molecule has 9 aromatic rings. The van der Waals surface area contributed by atoms with Crippen molar-refractivity contribution in [3.05, 3.63) is 204 Å². The fourth-order valence-corrected chi connectivity index (χ4v) is 8.51. The van der Waals surface area contributed by atoms with Crippen LogP contribution >= 0.6 is 0 Å². The molecule has 3 N–H and O–H groups in total. The van der Waals surface area contributed by atoms with Crippen LogP contribution in [0.4, 0.5) is 5.69 Å². The van der Waals surface area contributed by atoms with Crippen molar-refractivity contribution in [3.8, 4) is 28.2 Å². The summed E-state index contributed by atoms with van der Waals surface area (Å²) in [5.41, 5.74) is 12.2. The number of hydrogen-bond donors (Lipinski definition) is 3. The lowest BCUT2D eigenvalue weighted by Gasteiger charge is -2.32. The van der Waals surface area contributed by atoms with Crippen molar-refractivity contribution in [1.29, 1.82) is 0 Å². The second kappa shape index (κ2) is 13.8. The summed E-state index contributed by atoms with van der Waals surface area (Å²) in [6.07, 6.45) is 4.12. The van der Waals surface area contributed by atoms with E-state index in [-0.39, 0.29) is 12.3 Å². The minimum absolute atomic E-state index is 0.117. The molecule has 272 valence electrons. The van der Waals surface area contributed by atoms with Gasteiger partial charge in [-0.2, -0.15) is 0 Å². The third-order valence-electron chi connectivity index (χ3n) is 11.3. The summed E-state index contributed by atoms with van der Waals surface area (Å²) in [5, 5.41) is 15.8. The van der Waals surface area contributed by atoms with Crippen LogP contribution in [0.25, 0.3) is 66.9 Å². The molecule has 6 heteroatoms.